The molecule has 11 nitrogen and oxygen atoms in total. The highest BCUT2D eigenvalue weighted by molar-refractivity contribution is 5.78. The number of ether oxygens (including phenoxy) is 2. The molecule has 0 bridgehead atoms. The van der Waals surface area contributed by atoms with Crippen molar-refractivity contribution in [1.29, 1.82) is 0 Å². The zero-order valence-electron chi connectivity index (χ0n) is 29.0. The minimum atomic E-state index is -1.71. The van der Waals surface area contributed by atoms with Crippen molar-refractivity contribution in [2.75, 3.05) is 13.2 Å². The van der Waals surface area contributed by atoms with Crippen molar-refractivity contribution in [3.05, 3.63) is 0 Å². The van der Waals surface area contributed by atoms with E-state index in [0.29, 0.717) is 32.1 Å². The van der Waals surface area contributed by atoms with Crippen LogP contribution in [0.4, 0.5) is 0 Å². The number of hydrogen-bond acceptors (Lipinski definition) is 11. The molecule has 0 amide bonds. The summed E-state index contributed by atoms with van der Waals surface area (Å²) in [6.45, 7) is 11.9. The van der Waals surface area contributed by atoms with Gasteiger partial charge in [0, 0.05) is 11.3 Å². The number of carbonyl (C=O) groups excluding carboxylic acids is 1. The van der Waals surface area contributed by atoms with Crippen LogP contribution in [0.2, 0.25) is 0 Å². The first kappa shape index (κ1) is 35.9. The lowest BCUT2D eigenvalue weighted by Crippen LogP contribution is -2.72. The molecule has 5 aliphatic carbocycles. The highest BCUT2D eigenvalue weighted by atomic mass is 16.7. The maximum Gasteiger partial charge on any atom is 0.314 e. The number of aliphatic hydroxyl groups excluding tert-OH is 7. The largest absolute Gasteiger partial charge is 0.432 e. The Hall–Kier alpha value is -0.890. The molecule has 0 radical (unpaired) electrons. The zero-order valence-corrected chi connectivity index (χ0v) is 29.0. The van der Waals surface area contributed by atoms with Crippen molar-refractivity contribution >= 4 is 5.97 Å². The summed E-state index contributed by atoms with van der Waals surface area (Å²) >= 11 is 0. The lowest BCUT2D eigenvalue weighted by atomic mass is 9.30. The van der Waals surface area contributed by atoms with Crippen LogP contribution in [0.25, 0.3) is 0 Å². The van der Waals surface area contributed by atoms with Crippen molar-refractivity contribution in [2.45, 2.75) is 148 Å². The van der Waals surface area contributed by atoms with E-state index in [0.717, 1.165) is 25.7 Å². The second-order valence-corrected chi connectivity index (χ2v) is 18.0. The van der Waals surface area contributed by atoms with Crippen LogP contribution < -0.4 is 0 Å². The van der Waals surface area contributed by atoms with Crippen LogP contribution in [0.5, 0.6) is 0 Å². The Balaban J connectivity index is 1.36. The smallest absolute Gasteiger partial charge is 0.314 e. The van der Waals surface area contributed by atoms with E-state index in [1.807, 2.05) is 20.8 Å². The number of carbonyl (C=O) groups is 1. The molecule has 18 atom stereocenters. The minimum Gasteiger partial charge on any atom is -0.432 e. The lowest BCUT2D eigenvalue weighted by Gasteiger charge is -2.74. The van der Waals surface area contributed by atoms with Gasteiger partial charge in [-0.1, -0.05) is 34.6 Å². The van der Waals surface area contributed by atoms with E-state index < -0.39 is 77.8 Å². The van der Waals surface area contributed by atoms with E-state index in [4.69, 9.17) is 9.47 Å². The highest BCUT2D eigenvalue weighted by Crippen LogP contribution is 2.77. The Morgan fingerprint density at radius 1 is 0.809 bits per heavy atom. The second-order valence-electron chi connectivity index (χ2n) is 18.0. The van der Waals surface area contributed by atoms with Gasteiger partial charge >= 0.3 is 5.97 Å². The summed E-state index contributed by atoms with van der Waals surface area (Å²) in [7, 11) is 0. The summed E-state index contributed by atoms with van der Waals surface area (Å²) < 4.78 is 11.5. The summed E-state index contributed by atoms with van der Waals surface area (Å²) in [6.07, 6.45) is -3.67. The van der Waals surface area contributed by atoms with Gasteiger partial charge in [-0.2, -0.15) is 0 Å². The topological polar surface area (TPSA) is 197 Å². The van der Waals surface area contributed by atoms with Gasteiger partial charge < -0.3 is 50.3 Å². The van der Waals surface area contributed by atoms with Gasteiger partial charge in [-0.25, -0.2) is 0 Å². The van der Waals surface area contributed by atoms with E-state index in [1.165, 1.54) is 0 Å². The number of rotatable bonds is 4. The Bertz CT molecular complexity index is 1210. The molecule has 1 saturated heterocycles. The first-order valence-corrected chi connectivity index (χ1v) is 18.0. The van der Waals surface area contributed by atoms with Gasteiger partial charge in [0.05, 0.1) is 36.4 Å². The summed E-state index contributed by atoms with van der Waals surface area (Å²) in [5.74, 6) is -0.942. The summed E-state index contributed by atoms with van der Waals surface area (Å²) in [4.78, 5) is 14.5. The van der Waals surface area contributed by atoms with Crippen LogP contribution in [0.3, 0.4) is 0 Å². The van der Waals surface area contributed by atoms with Crippen LogP contribution >= 0.6 is 0 Å². The molecule has 18 unspecified atom stereocenters. The first-order valence-electron chi connectivity index (χ1n) is 18.0. The summed E-state index contributed by atoms with van der Waals surface area (Å²) in [6, 6.07) is 0. The number of hydrogen-bond donors (Lipinski definition) is 8. The molecular formula is C36H60O11. The maximum absolute atomic E-state index is 14.5. The summed E-state index contributed by atoms with van der Waals surface area (Å²) in [5.41, 5.74) is -3.89. The molecule has 1 heterocycles. The maximum atomic E-state index is 14.5. The van der Waals surface area contributed by atoms with Crippen LogP contribution in [0.1, 0.15) is 99.3 Å². The Morgan fingerprint density at radius 2 is 1.49 bits per heavy atom. The van der Waals surface area contributed by atoms with Crippen LogP contribution in [-0.4, -0.2) is 109 Å². The van der Waals surface area contributed by atoms with Crippen LogP contribution in [-0.2, 0) is 14.3 Å². The molecule has 6 rings (SSSR count). The number of esters is 1. The van der Waals surface area contributed by atoms with Gasteiger partial charge in [-0.15, -0.1) is 0 Å². The molecule has 1 aliphatic heterocycles. The van der Waals surface area contributed by atoms with E-state index in [1.54, 1.807) is 0 Å². The molecule has 11 heteroatoms. The van der Waals surface area contributed by atoms with Gasteiger partial charge in [0.25, 0.3) is 0 Å². The van der Waals surface area contributed by atoms with Crippen LogP contribution in [0, 0.1) is 56.7 Å². The molecule has 6 fully saturated rings. The zero-order chi connectivity index (χ0) is 34.7. The Kier molecular flexibility index (Phi) is 8.84. The second kappa shape index (κ2) is 11.6. The number of fused-ring (bicyclic) bond motifs is 7. The predicted molar refractivity (Wildman–Crippen MR) is 169 cm³/mol. The fourth-order valence-corrected chi connectivity index (χ4v) is 13.2. The van der Waals surface area contributed by atoms with Gasteiger partial charge in [-0.3, -0.25) is 4.79 Å². The molecule has 0 aromatic rings. The number of aliphatic hydroxyl groups is 8. The monoisotopic (exact) mass is 668 g/mol. The standard InChI is InChI=1S/C36H60O11/c1-18-9-12-36(30(44)47-29-26(42)25(41)24(40)21(16-37)46-29)14-13-33(4)19(27(36)35(18,6)45)7-8-23-31(2)15-20(39)28(43)32(3,17-38)22(31)10-11-34(23,33)5/h18-29,37-43,45H,7-17H2,1-6H3. The minimum absolute atomic E-state index is 0.0330. The van der Waals surface area contributed by atoms with E-state index in [2.05, 4.69) is 20.8 Å². The fourth-order valence-electron chi connectivity index (χ4n) is 13.2. The molecule has 0 spiro atoms. The molecule has 5 saturated carbocycles. The molecule has 0 aromatic heterocycles. The summed E-state index contributed by atoms with van der Waals surface area (Å²) in [5, 5.41) is 86.3. The molecular weight excluding hydrogens is 608 g/mol. The normalized spacial score (nSPS) is 59.2. The fraction of sp³-hybridized carbons (Fsp3) is 0.972. The van der Waals surface area contributed by atoms with Gasteiger partial charge in [0.2, 0.25) is 6.29 Å². The van der Waals surface area contributed by atoms with Gasteiger partial charge in [0.15, 0.2) is 0 Å². The third-order valence-corrected chi connectivity index (χ3v) is 16.2. The van der Waals surface area contributed by atoms with E-state index in [9.17, 15) is 45.6 Å². The van der Waals surface area contributed by atoms with Gasteiger partial charge in [0.1, 0.15) is 24.4 Å². The average molecular weight is 669 g/mol. The van der Waals surface area contributed by atoms with Crippen LogP contribution in [0.15, 0.2) is 0 Å². The van der Waals surface area contributed by atoms with Crippen molar-refractivity contribution in [1.82, 2.24) is 0 Å². The predicted octanol–water partition coefficient (Wildman–Crippen LogP) is 1.49. The third kappa shape index (κ3) is 4.66. The van der Waals surface area contributed by atoms with Crippen molar-refractivity contribution < 1.29 is 55.1 Å². The van der Waals surface area contributed by atoms with E-state index >= 15 is 0 Å². The van der Waals surface area contributed by atoms with Crippen molar-refractivity contribution in [2.24, 2.45) is 56.7 Å². The Morgan fingerprint density at radius 3 is 2.13 bits per heavy atom. The average Bonchev–Trinajstić information content (AvgIpc) is 3.02. The molecule has 8 N–H and O–H groups in total. The van der Waals surface area contributed by atoms with E-state index in [-0.39, 0.29) is 46.5 Å². The quantitative estimate of drug-likeness (QED) is 0.202. The molecule has 270 valence electrons. The lowest BCUT2D eigenvalue weighted by molar-refractivity contribution is -0.309. The highest BCUT2D eigenvalue weighted by Gasteiger charge is 2.74. The van der Waals surface area contributed by atoms with Crippen molar-refractivity contribution in [3.63, 3.8) is 0 Å². The Labute approximate surface area is 278 Å². The first-order chi connectivity index (χ1) is 21.8. The SMILES string of the molecule is CC1CCC2(C(=O)OC3OC(CO)C(O)C(O)C3O)CCC3(C)C(CCC4C5(C)CC(O)C(O)C(C)(CO)C5CCC43C)C2C1(C)O. The molecule has 6 aliphatic rings. The van der Waals surface area contributed by atoms with Gasteiger partial charge in [-0.05, 0) is 105 Å². The van der Waals surface area contributed by atoms with Crippen molar-refractivity contribution in [3.8, 4) is 0 Å². The third-order valence-electron chi connectivity index (χ3n) is 16.2. The molecule has 0 aromatic carbocycles. The molecule has 47 heavy (non-hydrogen) atoms.